The molecule has 0 aliphatic carbocycles. The van der Waals surface area contributed by atoms with Gasteiger partial charge in [0.25, 0.3) is 0 Å². The van der Waals surface area contributed by atoms with Crippen molar-refractivity contribution < 1.29 is 8.78 Å². The molecule has 1 N–H and O–H groups in total. The Hall–Kier alpha value is -2.12. The van der Waals surface area contributed by atoms with Gasteiger partial charge in [0.05, 0.1) is 22.3 Å². The van der Waals surface area contributed by atoms with Gasteiger partial charge in [0.15, 0.2) is 0 Å². The first kappa shape index (κ1) is 13.3. The maximum atomic E-state index is 13.6. The van der Waals surface area contributed by atoms with Gasteiger partial charge in [-0.1, -0.05) is 23.7 Å². The number of benzene rings is 2. The second kappa shape index (κ2) is 5.68. The lowest BCUT2D eigenvalue weighted by molar-refractivity contribution is 0.559. The molecule has 0 radical (unpaired) electrons. The van der Waals surface area contributed by atoms with E-state index in [1.807, 2.05) is 0 Å². The molecule has 96 valence electrons. The summed E-state index contributed by atoms with van der Waals surface area (Å²) < 4.78 is 27.3. The van der Waals surface area contributed by atoms with Crippen molar-refractivity contribution in [3.05, 3.63) is 64.2 Å². The molecule has 0 atom stereocenters. The van der Waals surface area contributed by atoms with Crippen LogP contribution in [0, 0.1) is 23.0 Å². The lowest BCUT2D eigenvalue weighted by Crippen LogP contribution is -2.05. The van der Waals surface area contributed by atoms with Crippen molar-refractivity contribution in [2.75, 3.05) is 5.32 Å². The molecule has 2 aromatic rings. The van der Waals surface area contributed by atoms with Crippen molar-refractivity contribution in [3.8, 4) is 6.07 Å². The van der Waals surface area contributed by atoms with Crippen molar-refractivity contribution in [1.82, 2.24) is 0 Å². The molecule has 2 rings (SSSR count). The van der Waals surface area contributed by atoms with Gasteiger partial charge in [-0.2, -0.15) is 5.26 Å². The van der Waals surface area contributed by atoms with Gasteiger partial charge < -0.3 is 5.32 Å². The standard InChI is InChI=1S/C14H9ClF2N2/c15-11-3-1-2-4-14(11)19-8-10-12(16)5-9(7-18)6-13(10)17/h1-6,19H,8H2. The normalized spacial score (nSPS) is 10.0. The van der Waals surface area contributed by atoms with E-state index < -0.39 is 11.6 Å². The summed E-state index contributed by atoms with van der Waals surface area (Å²) in [6, 6.07) is 10.6. The Balaban J connectivity index is 2.21. The monoisotopic (exact) mass is 278 g/mol. The summed E-state index contributed by atoms with van der Waals surface area (Å²) in [6.07, 6.45) is 0. The van der Waals surface area contributed by atoms with Crippen molar-refractivity contribution in [3.63, 3.8) is 0 Å². The van der Waals surface area contributed by atoms with Gasteiger partial charge in [0.1, 0.15) is 11.6 Å². The molecule has 5 heteroatoms. The number of para-hydroxylation sites is 1. The van der Waals surface area contributed by atoms with Gasteiger partial charge in [-0.25, -0.2) is 8.78 Å². The molecule has 0 heterocycles. The molecule has 0 unspecified atom stereocenters. The fraction of sp³-hybridized carbons (Fsp3) is 0.0714. The molecule has 0 bridgehead atoms. The average Bonchev–Trinajstić information content (AvgIpc) is 2.39. The highest BCUT2D eigenvalue weighted by molar-refractivity contribution is 6.33. The van der Waals surface area contributed by atoms with Gasteiger partial charge in [0.2, 0.25) is 0 Å². The van der Waals surface area contributed by atoms with Crippen molar-refractivity contribution >= 4 is 17.3 Å². The molecule has 0 saturated heterocycles. The molecule has 0 aromatic heterocycles. The first-order valence-corrected chi connectivity index (χ1v) is 5.86. The molecular formula is C14H9ClF2N2. The van der Waals surface area contributed by atoms with Crippen LogP contribution in [0.1, 0.15) is 11.1 Å². The Morgan fingerprint density at radius 1 is 1.16 bits per heavy atom. The highest BCUT2D eigenvalue weighted by Crippen LogP contribution is 2.22. The summed E-state index contributed by atoms with van der Waals surface area (Å²) in [5, 5.41) is 11.9. The average molecular weight is 279 g/mol. The molecule has 0 spiro atoms. The molecule has 0 aliphatic heterocycles. The Morgan fingerprint density at radius 3 is 2.37 bits per heavy atom. The van der Waals surface area contributed by atoms with Crippen LogP contribution < -0.4 is 5.32 Å². The van der Waals surface area contributed by atoms with Gasteiger partial charge in [-0.3, -0.25) is 0 Å². The van der Waals surface area contributed by atoms with Gasteiger partial charge in [-0.05, 0) is 24.3 Å². The minimum Gasteiger partial charge on any atom is -0.380 e. The maximum absolute atomic E-state index is 13.6. The highest BCUT2D eigenvalue weighted by Gasteiger charge is 2.11. The zero-order valence-corrected chi connectivity index (χ0v) is 10.5. The van der Waals surface area contributed by atoms with Crippen LogP contribution in [0.3, 0.4) is 0 Å². The van der Waals surface area contributed by atoms with Crippen LogP contribution in [0.5, 0.6) is 0 Å². The first-order valence-electron chi connectivity index (χ1n) is 5.48. The minimum atomic E-state index is -0.754. The minimum absolute atomic E-state index is 0.0449. The number of nitrogens with zero attached hydrogens (tertiary/aromatic N) is 1. The molecule has 0 aliphatic rings. The lowest BCUT2D eigenvalue weighted by atomic mass is 10.1. The van der Waals surface area contributed by atoms with E-state index in [0.29, 0.717) is 10.7 Å². The van der Waals surface area contributed by atoms with E-state index in [0.717, 1.165) is 12.1 Å². The van der Waals surface area contributed by atoms with Gasteiger partial charge in [0, 0.05) is 12.1 Å². The van der Waals surface area contributed by atoms with Crippen molar-refractivity contribution in [2.45, 2.75) is 6.54 Å². The second-order valence-electron chi connectivity index (χ2n) is 3.86. The maximum Gasteiger partial charge on any atom is 0.132 e. The molecule has 2 aromatic carbocycles. The van der Waals surface area contributed by atoms with Crippen LogP contribution in [0.2, 0.25) is 5.02 Å². The van der Waals surface area contributed by atoms with Crippen LogP contribution in [0.25, 0.3) is 0 Å². The predicted molar refractivity (Wildman–Crippen MR) is 69.9 cm³/mol. The molecule has 19 heavy (non-hydrogen) atoms. The third-order valence-corrected chi connectivity index (χ3v) is 2.93. The van der Waals surface area contributed by atoms with Crippen LogP contribution in [-0.4, -0.2) is 0 Å². The van der Waals surface area contributed by atoms with E-state index in [2.05, 4.69) is 5.32 Å². The molecule has 0 amide bonds. The third kappa shape index (κ3) is 3.01. The number of anilines is 1. The Kier molecular flexibility index (Phi) is 3.98. The molecule has 0 saturated carbocycles. The Labute approximate surface area is 114 Å². The molecule has 0 fully saturated rings. The SMILES string of the molecule is N#Cc1cc(F)c(CNc2ccccc2Cl)c(F)c1. The van der Waals surface area contributed by atoms with Crippen LogP contribution in [0.4, 0.5) is 14.5 Å². The third-order valence-electron chi connectivity index (χ3n) is 2.60. The largest absolute Gasteiger partial charge is 0.380 e. The summed E-state index contributed by atoms with van der Waals surface area (Å²) in [7, 11) is 0. The summed E-state index contributed by atoms with van der Waals surface area (Å²) in [6.45, 7) is -0.0485. The second-order valence-corrected chi connectivity index (χ2v) is 4.27. The fourth-order valence-electron chi connectivity index (χ4n) is 1.62. The van der Waals surface area contributed by atoms with E-state index in [1.165, 1.54) is 0 Å². The number of nitriles is 1. The fourth-order valence-corrected chi connectivity index (χ4v) is 1.83. The van der Waals surface area contributed by atoms with Crippen LogP contribution in [-0.2, 0) is 6.54 Å². The van der Waals surface area contributed by atoms with E-state index in [4.69, 9.17) is 16.9 Å². The number of nitrogens with one attached hydrogen (secondary N) is 1. The Morgan fingerprint density at radius 2 is 1.79 bits per heavy atom. The van der Waals surface area contributed by atoms with E-state index in [1.54, 1.807) is 30.3 Å². The number of hydrogen-bond acceptors (Lipinski definition) is 2. The van der Waals surface area contributed by atoms with Crippen molar-refractivity contribution in [2.24, 2.45) is 0 Å². The summed E-state index contributed by atoms with van der Waals surface area (Å²) in [5.74, 6) is -1.51. The van der Waals surface area contributed by atoms with Crippen molar-refractivity contribution in [1.29, 1.82) is 5.26 Å². The number of hydrogen-bond donors (Lipinski definition) is 1. The van der Waals surface area contributed by atoms with E-state index in [9.17, 15) is 8.78 Å². The first-order chi connectivity index (χ1) is 9.11. The van der Waals surface area contributed by atoms with E-state index >= 15 is 0 Å². The quantitative estimate of drug-likeness (QED) is 0.917. The smallest absolute Gasteiger partial charge is 0.132 e. The topological polar surface area (TPSA) is 35.8 Å². The number of rotatable bonds is 3. The zero-order valence-electron chi connectivity index (χ0n) is 9.75. The molecular weight excluding hydrogens is 270 g/mol. The summed E-state index contributed by atoms with van der Waals surface area (Å²) >= 11 is 5.92. The summed E-state index contributed by atoms with van der Waals surface area (Å²) in [5.41, 5.74) is 0.419. The highest BCUT2D eigenvalue weighted by atomic mass is 35.5. The van der Waals surface area contributed by atoms with Gasteiger partial charge in [-0.15, -0.1) is 0 Å². The van der Waals surface area contributed by atoms with E-state index in [-0.39, 0.29) is 17.7 Å². The molecule has 2 nitrogen and oxygen atoms in total. The van der Waals surface area contributed by atoms with Gasteiger partial charge >= 0.3 is 0 Å². The number of halogens is 3. The summed E-state index contributed by atoms with van der Waals surface area (Å²) in [4.78, 5) is 0. The van der Waals surface area contributed by atoms with Crippen LogP contribution in [0.15, 0.2) is 36.4 Å². The zero-order chi connectivity index (χ0) is 13.8. The van der Waals surface area contributed by atoms with Crippen LogP contribution >= 0.6 is 11.6 Å². The predicted octanol–water partition coefficient (Wildman–Crippen LogP) is 4.10. The Bertz CT molecular complexity index is 627. The lowest BCUT2D eigenvalue weighted by Gasteiger charge is -2.10.